The lowest BCUT2D eigenvalue weighted by molar-refractivity contribution is -0.117. The molecule has 0 aromatic heterocycles. The van der Waals surface area contributed by atoms with Crippen molar-refractivity contribution in [2.24, 2.45) is 5.41 Å². The van der Waals surface area contributed by atoms with Gasteiger partial charge in [-0.3, -0.25) is 4.79 Å². The Labute approximate surface area is 72.4 Å². The van der Waals surface area contributed by atoms with E-state index in [0.717, 1.165) is 18.4 Å². The minimum atomic E-state index is 0.222. The van der Waals surface area contributed by atoms with Crippen LogP contribution in [0.5, 0.6) is 0 Å². The van der Waals surface area contributed by atoms with Gasteiger partial charge in [-0.25, -0.2) is 0 Å². The minimum Gasteiger partial charge on any atom is -0.295 e. The Balaban J connectivity index is 2.74. The molecule has 1 aliphatic carbocycles. The number of carbonyl (C=O) groups is 1. The van der Waals surface area contributed by atoms with Gasteiger partial charge in [0.1, 0.15) is 0 Å². The van der Waals surface area contributed by atoms with Crippen molar-refractivity contribution in [3.8, 4) is 0 Å². The first-order valence-corrected chi connectivity index (χ1v) is 4.31. The highest BCUT2D eigenvalue weighted by atomic mass is 35.5. The van der Waals surface area contributed by atoms with E-state index in [1.54, 1.807) is 0 Å². The van der Waals surface area contributed by atoms with Gasteiger partial charge in [-0.1, -0.05) is 25.4 Å². The Morgan fingerprint density at radius 1 is 1.55 bits per heavy atom. The van der Waals surface area contributed by atoms with Gasteiger partial charge < -0.3 is 0 Å². The molecule has 62 valence electrons. The van der Waals surface area contributed by atoms with Gasteiger partial charge in [-0.2, -0.15) is 0 Å². The van der Waals surface area contributed by atoms with Crippen LogP contribution in [0.15, 0.2) is 11.1 Å². The Morgan fingerprint density at radius 2 is 2.18 bits per heavy atom. The summed E-state index contributed by atoms with van der Waals surface area (Å²) in [6.45, 7) is 4.33. The van der Waals surface area contributed by atoms with Crippen LogP contribution in [0.1, 0.15) is 33.1 Å². The predicted octanol–water partition coefficient (Wildman–Crippen LogP) is 2.89. The van der Waals surface area contributed by atoms with Crippen molar-refractivity contribution in [2.75, 3.05) is 0 Å². The van der Waals surface area contributed by atoms with Crippen LogP contribution in [0.2, 0.25) is 0 Å². The molecular weight excluding hydrogens is 160 g/mol. The van der Waals surface area contributed by atoms with Gasteiger partial charge in [-0.05, 0) is 18.3 Å². The number of allylic oxidation sites excluding steroid dienone is 1. The Hall–Kier alpha value is -0.300. The first kappa shape index (κ1) is 8.79. The smallest absolute Gasteiger partial charge is 0.159 e. The average molecular weight is 173 g/mol. The van der Waals surface area contributed by atoms with Crippen LogP contribution < -0.4 is 0 Å². The van der Waals surface area contributed by atoms with E-state index >= 15 is 0 Å². The maximum atomic E-state index is 11.2. The van der Waals surface area contributed by atoms with Crippen LogP contribution in [0.25, 0.3) is 0 Å². The van der Waals surface area contributed by atoms with Crippen LogP contribution >= 0.6 is 11.6 Å². The molecule has 0 unspecified atom stereocenters. The number of ketones is 1. The number of Topliss-reactive ketones (excluding diaryl/α,β-unsaturated/α-hetero) is 1. The van der Waals surface area contributed by atoms with E-state index in [2.05, 4.69) is 13.8 Å². The minimum absolute atomic E-state index is 0.222. The van der Waals surface area contributed by atoms with E-state index in [1.165, 1.54) is 5.54 Å². The summed E-state index contributed by atoms with van der Waals surface area (Å²) in [4.78, 5) is 11.2. The highest BCUT2D eigenvalue weighted by Crippen LogP contribution is 2.36. The summed E-state index contributed by atoms with van der Waals surface area (Å²) < 4.78 is 0. The molecule has 1 aliphatic rings. The summed E-state index contributed by atoms with van der Waals surface area (Å²) in [6, 6.07) is 0. The van der Waals surface area contributed by atoms with Gasteiger partial charge in [0.05, 0.1) is 0 Å². The highest BCUT2D eigenvalue weighted by Gasteiger charge is 2.28. The largest absolute Gasteiger partial charge is 0.295 e. The molecule has 0 atom stereocenters. The number of halogens is 1. The van der Waals surface area contributed by atoms with Gasteiger partial charge >= 0.3 is 0 Å². The Kier molecular flexibility index (Phi) is 2.38. The molecule has 11 heavy (non-hydrogen) atoms. The molecule has 0 aromatic rings. The summed E-state index contributed by atoms with van der Waals surface area (Å²) in [6.07, 6.45) is 2.47. The summed E-state index contributed by atoms with van der Waals surface area (Å²) in [5.74, 6) is 0.222. The topological polar surface area (TPSA) is 17.1 Å². The van der Waals surface area contributed by atoms with Crippen molar-refractivity contribution in [1.29, 1.82) is 0 Å². The third-order valence-electron chi connectivity index (χ3n) is 2.19. The summed E-state index contributed by atoms with van der Waals surface area (Å²) in [5.41, 5.74) is 2.49. The van der Waals surface area contributed by atoms with Crippen LogP contribution in [0, 0.1) is 5.41 Å². The first-order chi connectivity index (χ1) is 5.05. The predicted molar refractivity (Wildman–Crippen MR) is 46.6 cm³/mol. The van der Waals surface area contributed by atoms with Gasteiger partial charge in [-0.15, -0.1) is 0 Å². The quantitative estimate of drug-likeness (QED) is 0.514. The second kappa shape index (κ2) is 2.98. The van der Waals surface area contributed by atoms with Crippen molar-refractivity contribution in [2.45, 2.75) is 33.1 Å². The molecule has 0 aromatic carbocycles. The SMILES string of the molecule is CC1(C)CCC(=O)/C(=C\Cl)C1. The van der Waals surface area contributed by atoms with Gasteiger partial charge in [0.2, 0.25) is 0 Å². The van der Waals surface area contributed by atoms with Crippen LogP contribution in [-0.2, 0) is 4.79 Å². The highest BCUT2D eigenvalue weighted by molar-refractivity contribution is 6.27. The lowest BCUT2D eigenvalue weighted by atomic mass is 9.75. The summed E-state index contributed by atoms with van der Waals surface area (Å²) >= 11 is 5.52. The molecule has 0 radical (unpaired) electrons. The molecule has 0 aliphatic heterocycles. The van der Waals surface area contributed by atoms with Crippen LogP contribution in [0.4, 0.5) is 0 Å². The molecule has 0 bridgehead atoms. The molecule has 0 amide bonds. The summed E-state index contributed by atoms with van der Waals surface area (Å²) in [7, 11) is 0. The maximum absolute atomic E-state index is 11.2. The molecule has 1 nitrogen and oxygen atoms in total. The lowest BCUT2D eigenvalue weighted by Crippen LogP contribution is -2.23. The van der Waals surface area contributed by atoms with E-state index in [1.807, 2.05) is 0 Å². The van der Waals surface area contributed by atoms with Crippen molar-refractivity contribution < 1.29 is 4.79 Å². The van der Waals surface area contributed by atoms with Crippen molar-refractivity contribution >= 4 is 17.4 Å². The first-order valence-electron chi connectivity index (χ1n) is 3.88. The Bertz CT molecular complexity index is 204. The van der Waals surface area contributed by atoms with Crippen molar-refractivity contribution in [3.05, 3.63) is 11.1 Å². The number of carbonyl (C=O) groups excluding carboxylic acids is 1. The van der Waals surface area contributed by atoms with Gasteiger partial charge in [0, 0.05) is 17.5 Å². The Morgan fingerprint density at radius 3 is 2.64 bits per heavy atom. The molecule has 1 rings (SSSR count). The van der Waals surface area contributed by atoms with Crippen molar-refractivity contribution in [3.63, 3.8) is 0 Å². The average Bonchev–Trinajstić information content (AvgIpc) is 1.94. The van der Waals surface area contributed by atoms with E-state index in [-0.39, 0.29) is 11.2 Å². The zero-order valence-electron chi connectivity index (χ0n) is 6.98. The zero-order valence-corrected chi connectivity index (χ0v) is 7.74. The number of hydrogen-bond donors (Lipinski definition) is 0. The summed E-state index contributed by atoms with van der Waals surface area (Å²) in [5, 5.41) is 0. The molecule has 0 N–H and O–H groups in total. The number of hydrogen-bond acceptors (Lipinski definition) is 1. The third-order valence-corrected chi connectivity index (χ3v) is 2.45. The standard InChI is InChI=1S/C9H13ClO/c1-9(2)4-3-8(11)7(5-9)6-10/h6H,3-5H2,1-2H3/b7-6-. The fraction of sp³-hybridized carbons (Fsp3) is 0.667. The second-order valence-electron chi connectivity index (χ2n) is 3.90. The van der Waals surface area contributed by atoms with Gasteiger partial charge in [0.25, 0.3) is 0 Å². The zero-order chi connectivity index (χ0) is 8.48. The molecular formula is C9H13ClO. The van der Waals surface area contributed by atoms with Crippen LogP contribution in [-0.4, -0.2) is 5.78 Å². The normalized spacial score (nSPS) is 27.5. The van der Waals surface area contributed by atoms with E-state index < -0.39 is 0 Å². The van der Waals surface area contributed by atoms with E-state index in [4.69, 9.17) is 11.6 Å². The molecule has 1 fully saturated rings. The molecule has 0 heterocycles. The van der Waals surface area contributed by atoms with Gasteiger partial charge in [0.15, 0.2) is 5.78 Å². The molecule has 0 spiro atoms. The van der Waals surface area contributed by atoms with Crippen LogP contribution in [0.3, 0.4) is 0 Å². The molecule has 0 saturated heterocycles. The fourth-order valence-electron chi connectivity index (χ4n) is 1.41. The fourth-order valence-corrected chi connectivity index (χ4v) is 1.61. The third kappa shape index (κ3) is 2.06. The lowest BCUT2D eigenvalue weighted by Gasteiger charge is -2.29. The van der Waals surface area contributed by atoms with E-state index in [0.29, 0.717) is 6.42 Å². The molecule has 2 heteroatoms. The molecule has 1 saturated carbocycles. The van der Waals surface area contributed by atoms with Crippen molar-refractivity contribution in [1.82, 2.24) is 0 Å². The maximum Gasteiger partial charge on any atom is 0.159 e. The monoisotopic (exact) mass is 172 g/mol. The second-order valence-corrected chi connectivity index (χ2v) is 4.12. The number of rotatable bonds is 0. The van der Waals surface area contributed by atoms with E-state index in [9.17, 15) is 4.79 Å².